The van der Waals surface area contributed by atoms with Gasteiger partial charge >= 0.3 is 0 Å². The first kappa shape index (κ1) is 14.4. The van der Waals surface area contributed by atoms with Gasteiger partial charge < -0.3 is 0 Å². The monoisotopic (exact) mass is 316 g/mol. The highest BCUT2D eigenvalue weighted by Crippen LogP contribution is 2.24. The van der Waals surface area contributed by atoms with E-state index in [2.05, 4.69) is 24.0 Å². The molecule has 2 aromatic heterocycles. The van der Waals surface area contributed by atoms with E-state index in [1.54, 1.807) is 16.3 Å². The van der Waals surface area contributed by atoms with Gasteiger partial charge in [0.2, 0.25) is 0 Å². The van der Waals surface area contributed by atoms with Gasteiger partial charge in [-0.2, -0.15) is 0 Å². The van der Waals surface area contributed by atoms with Crippen molar-refractivity contribution in [3.05, 3.63) is 57.2 Å². The van der Waals surface area contributed by atoms with Gasteiger partial charge in [-0.1, -0.05) is 36.0 Å². The van der Waals surface area contributed by atoms with E-state index in [4.69, 9.17) is 0 Å². The molecule has 0 aliphatic carbocycles. The molecule has 0 aliphatic rings. The standard InChI is InChI=1S/C16H16N2OS2/c1-3-18-15(19)14-13(8-9-20-14)17-16(18)21-10-12-7-5-4-6-11(12)2/h4-9H,3,10H2,1-2H3. The summed E-state index contributed by atoms with van der Waals surface area (Å²) < 4.78 is 2.51. The first-order valence-corrected chi connectivity index (χ1v) is 8.72. The molecular formula is C16H16N2OS2. The highest BCUT2D eigenvalue weighted by molar-refractivity contribution is 7.98. The highest BCUT2D eigenvalue weighted by Gasteiger charge is 2.11. The van der Waals surface area contributed by atoms with Crippen molar-refractivity contribution in [2.45, 2.75) is 31.3 Å². The number of thioether (sulfide) groups is 1. The molecule has 108 valence electrons. The Morgan fingerprint density at radius 3 is 2.86 bits per heavy atom. The SMILES string of the molecule is CCn1c(SCc2ccccc2C)nc2ccsc2c1=O. The van der Waals surface area contributed by atoms with Gasteiger partial charge in [0.05, 0.1) is 5.52 Å². The van der Waals surface area contributed by atoms with Gasteiger partial charge in [0.25, 0.3) is 5.56 Å². The number of nitrogens with zero attached hydrogens (tertiary/aromatic N) is 2. The molecule has 5 heteroatoms. The second-order valence-corrected chi connectivity index (χ2v) is 6.65. The van der Waals surface area contributed by atoms with Gasteiger partial charge in [0.15, 0.2) is 5.16 Å². The van der Waals surface area contributed by atoms with Crippen LogP contribution in [0.1, 0.15) is 18.1 Å². The summed E-state index contributed by atoms with van der Waals surface area (Å²) >= 11 is 3.09. The molecule has 0 spiro atoms. The number of aromatic nitrogens is 2. The molecule has 0 saturated heterocycles. The van der Waals surface area contributed by atoms with E-state index in [0.717, 1.165) is 21.1 Å². The number of benzene rings is 1. The minimum atomic E-state index is 0.0739. The van der Waals surface area contributed by atoms with E-state index in [1.165, 1.54) is 22.5 Å². The molecule has 3 aromatic rings. The molecule has 0 atom stereocenters. The summed E-state index contributed by atoms with van der Waals surface area (Å²) in [5, 5.41) is 2.73. The van der Waals surface area contributed by atoms with Crippen molar-refractivity contribution in [2.24, 2.45) is 0 Å². The Hall–Kier alpha value is -1.59. The maximum Gasteiger partial charge on any atom is 0.272 e. The Labute approximate surface area is 131 Å². The molecule has 3 rings (SSSR count). The molecule has 0 fully saturated rings. The Balaban J connectivity index is 1.97. The average molecular weight is 316 g/mol. The maximum absolute atomic E-state index is 12.4. The van der Waals surface area contributed by atoms with Crippen molar-refractivity contribution in [1.82, 2.24) is 9.55 Å². The van der Waals surface area contributed by atoms with E-state index < -0.39 is 0 Å². The summed E-state index contributed by atoms with van der Waals surface area (Å²) in [6, 6.07) is 10.2. The summed E-state index contributed by atoms with van der Waals surface area (Å²) in [7, 11) is 0. The Kier molecular flexibility index (Phi) is 4.12. The van der Waals surface area contributed by atoms with Crippen molar-refractivity contribution in [3.8, 4) is 0 Å². The van der Waals surface area contributed by atoms with Gasteiger partial charge in [0, 0.05) is 12.3 Å². The lowest BCUT2D eigenvalue weighted by Gasteiger charge is -2.10. The average Bonchev–Trinajstić information content (AvgIpc) is 2.95. The molecule has 1 aromatic carbocycles. The maximum atomic E-state index is 12.4. The van der Waals surface area contributed by atoms with E-state index in [0.29, 0.717) is 6.54 Å². The van der Waals surface area contributed by atoms with Gasteiger partial charge in [-0.25, -0.2) is 4.98 Å². The zero-order chi connectivity index (χ0) is 14.8. The van der Waals surface area contributed by atoms with Crippen LogP contribution in [0.2, 0.25) is 0 Å². The number of fused-ring (bicyclic) bond motifs is 1. The summed E-state index contributed by atoms with van der Waals surface area (Å²) in [5.41, 5.74) is 3.43. The summed E-state index contributed by atoms with van der Waals surface area (Å²) in [6.07, 6.45) is 0. The van der Waals surface area contributed by atoms with Crippen LogP contribution in [0, 0.1) is 6.92 Å². The second kappa shape index (κ2) is 6.03. The number of rotatable bonds is 4. The van der Waals surface area contributed by atoms with Crippen LogP contribution in [0.15, 0.2) is 45.7 Å². The van der Waals surface area contributed by atoms with Crippen LogP contribution < -0.4 is 5.56 Å². The van der Waals surface area contributed by atoms with Crippen LogP contribution in [0.3, 0.4) is 0 Å². The third-order valence-corrected chi connectivity index (χ3v) is 5.38. The fourth-order valence-corrected chi connectivity index (χ4v) is 4.14. The quantitative estimate of drug-likeness (QED) is 0.537. The van der Waals surface area contributed by atoms with Crippen LogP contribution in [-0.2, 0) is 12.3 Å². The highest BCUT2D eigenvalue weighted by atomic mass is 32.2. The zero-order valence-electron chi connectivity index (χ0n) is 12.0. The Bertz CT molecular complexity index is 836. The van der Waals surface area contributed by atoms with E-state index in [1.807, 2.05) is 30.5 Å². The molecular weight excluding hydrogens is 300 g/mol. The third-order valence-electron chi connectivity index (χ3n) is 3.47. The van der Waals surface area contributed by atoms with Crippen LogP contribution in [0.4, 0.5) is 0 Å². The fraction of sp³-hybridized carbons (Fsp3) is 0.250. The summed E-state index contributed by atoms with van der Waals surface area (Å²) in [6.45, 7) is 4.74. The smallest absolute Gasteiger partial charge is 0.272 e. The number of thiophene rings is 1. The number of hydrogen-bond acceptors (Lipinski definition) is 4. The van der Waals surface area contributed by atoms with Crippen LogP contribution in [0.5, 0.6) is 0 Å². The normalized spacial score (nSPS) is 11.1. The van der Waals surface area contributed by atoms with Crippen LogP contribution in [-0.4, -0.2) is 9.55 Å². The second-order valence-electron chi connectivity index (χ2n) is 4.79. The predicted octanol–water partition coefficient (Wildman–Crippen LogP) is 4.08. The molecule has 2 heterocycles. The topological polar surface area (TPSA) is 34.9 Å². The van der Waals surface area contributed by atoms with Crippen molar-refractivity contribution in [3.63, 3.8) is 0 Å². The van der Waals surface area contributed by atoms with Crippen molar-refractivity contribution < 1.29 is 0 Å². The van der Waals surface area contributed by atoms with Gasteiger partial charge in [-0.3, -0.25) is 9.36 Å². The minimum Gasteiger partial charge on any atom is -0.287 e. The minimum absolute atomic E-state index is 0.0739. The van der Waals surface area contributed by atoms with Crippen molar-refractivity contribution >= 4 is 33.3 Å². The molecule has 0 amide bonds. The molecule has 0 N–H and O–H groups in total. The fourth-order valence-electron chi connectivity index (χ4n) is 2.23. The lowest BCUT2D eigenvalue weighted by molar-refractivity contribution is 0.635. The van der Waals surface area contributed by atoms with E-state index in [9.17, 15) is 4.79 Å². The lowest BCUT2D eigenvalue weighted by Crippen LogP contribution is -2.21. The number of hydrogen-bond donors (Lipinski definition) is 0. The first-order chi connectivity index (χ1) is 10.2. The molecule has 21 heavy (non-hydrogen) atoms. The molecule has 0 saturated carbocycles. The zero-order valence-corrected chi connectivity index (χ0v) is 13.6. The third kappa shape index (κ3) is 2.76. The summed E-state index contributed by atoms with van der Waals surface area (Å²) in [5.74, 6) is 0.828. The molecule has 3 nitrogen and oxygen atoms in total. The van der Waals surface area contributed by atoms with E-state index >= 15 is 0 Å². The van der Waals surface area contributed by atoms with Crippen LogP contribution >= 0.6 is 23.1 Å². The van der Waals surface area contributed by atoms with Gasteiger partial charge in [-0.05, 0) is 36.4 Å². The Morgan fingerprint density at radius 2 is 2.10 bits per heavy atom. The van der Waals surface area contributed by atoms with Crippen molar-refractivity contribution in [1.29, 1.82) is 0 Å². The molecule has 0 aliphatic heterocycles. The lowest BCUT2D eigenvalue weighted by atomic mass is 10.1. The van der Waals surface area contributed by atoms with Crippen molar-refractivity contribution in [2.75, 3.05) is 0 Å². The number of aryl methyl sites for hydroxylation is 1. The largest absolute Gasteiger partial charge is 0.287 e. The predicted molar refractivity (Wildman–Crippen MR) is 90.3 cm³/mol. The van der Waals surface area contributed by atoms with E-state index in [-0.39, 0.29) is 5.56 Å². The van der Waals surface area contributed by atoms with Gasteiger partial charge in [-0.15, -0.1) is 11.3 Å². The molecule has 0 radical (unpaired) electrons. The molecule has 0 unspecified atom stereocenters. The first-order valence-electron chi connectivity index (χ1n) is 6.86. The Morgan fingerprint density at radius 1 is 1.29 bits per heavy atom. The van der Waals surface area contributed by atoms with Gasteiger partial charge in [0.1, 0.15) is 4.70 Å². The summed E-state index contributed by atoms with van der Waals surface area (Å²) in [4.78, 5) is 17.1. The van der Waals surface area contributed by atoms with Crippen LogP contribution in [0.25, 0.3) is 10.2 Å². The molecule has 0 bridgehead atoms.